The maximum absolute atomic E-state index is 12.7. The molecule has 2 amide bonds. The molecule has 1 saturated carbocycles. The third-order valence-electron chi connectivity index (χ3n) is 5.40. The van der Waals surface area contributed by atoms with Crippen LogP contribution >= 0.6 is 0 Å². The standard InChI is InChI=1S/C22H24N2O5S/c1-14(2)24-22(26)19-12-7-15(13-20(19)30(24,27)28)21(25)23-16-8-10-18(11-9-16)29-17-5-3-4-6-17/h7-14,17H,3-6H2,1-2H3,(H,23,25). The molecule has 1 aliphatic heterocycles. The molecule has 0 bridgehead atoms. The monoisotopic (exact) mass is 428 g/mol. The molecule has 0 atom stereocenters. The van der Waals surface area contributed by atoms with Crippen molar-refractivity contribution in [1.29, 1.82) is 0 Å². The molecule has 1 N–H and O–H groups in total. The van der Waals surface area contributed by atoms with Crippen LogP contribution in [-0.4, -0.2) is 36.7 Å². The first-order valence-corrected chi connectivity index (χ1v) is 11.5. The van der Waals surface area contributed by atoms with Crippen LogP contribution in [0.25, 0.3) is 0 Å². The van der Waals surface area contributed by atoms with E-state index in [-0.39, 0.29) is 22.1 Å². The number of anilines is 1. The van der Waals surface area contributed by atoms with Gasteiger partial charge in [-0.2, -0.15) is 0 Å². The van der Waals surface area contributed by atoms with Crippen molar-refractivity contribution in [1.82, 2.24) is 4.31 Å². The number of amides is 2. The van der Waals surface area contributed by atoms with Crippen molar-refractivity contribution in [2.45, 2.75) is 56.6 Å². The van der Waals surface area contributed by atoms with Crippen LogP contribution in [0.1, 0.15) is 60.2 Å². The maximum Gasteiger partial charge on any atom is 0.269 e. The van der Waals surface area contributed by atoms with E-state index in [4.69, 9.17) is 4.74 Å². The van der Waals surface area contributed by atoms with Crippen LogP contribution in [0.2, 0.25) is 0 Å². The minimum absolute atomic E-state index is 0.0914. The first-order chi connectivity index (χ1) is 14.3. The van der Waals surface area contributed by atoms with Gasteiger partial charge in [0.25, 0.3) is 21.8 Å². The Bertz CT molecular complexity index is 1090. The van der Waals surface area contributed by atoms with Crippen LogP contribution in [0.5, 0.6) is 5.75 Å². The van der Waals surface area contributed by atoms with Gasteiger partial charge in [-0.25, -0.2) is 12.7 Å². The number of benzene rings is 2. The van der Waals surface area contributed by atoms with Gasteiger partial charge in [0.05, 0.1) is 11.7 Å². The van der Waals surface area contributed by atoms with Crippen molar-refractivity contribution >= 4 is 27.5 Å². The van der Waals surface area contributed by atoms with Crippen molar-refractivity contribution in [2.24, 2.45) is 0 Å². The summed E-state index contributed by atoms with van der Waals surface area (Å²) in [6, 6.07) is 10.7. The molecule has 1 heterocycles. The number of rotatable bonds is 5. The fraction of sp³-hybridized carbons (Fsp3) is 0.364. The summed E-state index contributed by atoms with van der Waals surface area (Å²) in [6.07, 6.45) is 4.77. The highest BCUT2D eigenvalue weighted by Gasteiger charge is 2.42. The minimum atomic E-state index is -3.95. The Balaban J connectivity index is 1.50. The molecular weight excluding hydrogens is 404 g/mol. The maximum atomic E-state index is 12.7. The lowest BCUT2D eigenvalue weighted by atomic mass is 10.1. The van der Waals surface area contributed by atoms with Crippen molar-refractivity contribution in [3.8, 4) is 5.75 Å². The fourth-order valence-corrected chi connectivity index (χ4v) is 5.71. The molecule has 8 heteroatoms. The van der Waals surface area contributed by atoms with Gasteiger partial charge in [0.1, 0.15) is 10.6 Å². The summed E-state index contributed by atoms with van der Waals surface area (Å²) in [5.41, 5.74) is 0.831. The third-order valence-corrected chi connectivity index (χ3v) is 7.40. The van der Waals surface area contributed by atoms with E-state index in [2.05, 4.69) is 5.32 Å². The number of carbonyl (C=O) groups excluding carboxylic acids is 2. The second-order valence-electron chi connectivity index (χ2n) is 7.91. The zero-order valence-corrected chi connectivity index (χ0v) is 17.7. The Hall–Kier alpha value is -2.87. The molecule has 2 aromatic carbocycles. The van der Waals surface area contributed by atoms with E-state index >= 15 is 0 Å². The molecule has 30 heavy (non-hydrogen) atoms. The predicted molar refractivity (Wildman–Crippen MR) is 112 cm³/mol. The lowest BCUT2D eigenvalue weighted by molar-refractivity contribution is 0.0846. The smallest absolute Gasteiger partial charge is 0.269 e. The molecule has 0 aromatic heterocycles. The van der Waals surface area contributed by atoms with Crippen LogP contribution in [-0.2, 0) is 10.0 Å². The first-order valence-electron chi connectivity index (χ1n) is 10.1. The summed E-state index contributed by atoms with van der Waals surface area (Å²) in [6.45, 7) is 3.27. The molecule has 4 rings (SSSR count). The number of fused-ring (bicyclic) bond motifs is 1. The van der Waals surface area contributed by atoms with Crippen LogP contribution < -0.4 is 10.1 Å². The molecule has 0 spiro atoms. The summed E-state index contributed by atoms with van der Waals surface area (Å²) < 4.78 is 32.2. The SMILES string of the molecule is CC(C)N1C(=O)c2ccc(C(=O)Nc3ccc(OC4CCCC4)cc3)cc2S1(=O)=O. The average molecular weight is 429 g/mol. The summed E-state index contributed by atoms with van der Waals surface area (Å²) in [4.78, 5) is 24.9. The van der Waals surface area contributed by atoms with Crippen LogP contribution in [0, 0.1) is 0 Å². The van der Waals surface area contributed by atoms with Crippen molar-refractivity contribution in [3.05, 3.63) is 53.6 Å². The van der Waals surface area contributed by atoms with E-state index in [0.717, 1.165) is 22.9 Å². The molecule has 7 nitrogen and oxygen atoms in total. The van der Waals surface area contributed by atoms with Crippen LogP contribution in [0.15, 0.2) is 47.4 Å². The van der Waals surface area contributed by atoms with E-state index in [1.165, 1.54) is 31.0 Å². The Morgan fingerprint density at radius 1 is 1.10 bits per heavy atom. The molecule has 0 unspecified atom stereocenters. The number of sulfonamides is 1. The highest BCUT2D eigenvalue weighted by molar-refractivity contribution is 7.90. The summed E-state index contributed by atoms with van der Waals surface area (Å²) in [5.74, 6) is -0.256. The van der Waals surface area contributed by atoms with Gasteiger partial charge in [-0.3, -0.25) is 9.59 Å². The molecule has 0 radical (unpaired) electrons. The van der Waals surface area contributed by atoms with Gasteiger partial charge in [-0.05, 0) is 82.0 Å². The molecular formula is C22H24N2O5S. The van der Waals surface area contributed by atoms with Gasteiger partial charge >= 0.3 is 0 Å². The Morgan fingerprint density at radius 2 is 1.77 bits per heavy atom. The molecule has 158 valence electrons. The molecule has 2 aromatic rings. The van der Waals surface area contributed by atoms with Gasteiger partial charge < -0.3 is 10.1 Å². The van der Waals surface area contributed by atoms with E-state index < -0.39 is 27.9 Å². The number of nitrogens with zero attached hydrogens (tertiary/aromatic N) is 1. The van der Waals surface area contributed by atoms with Crippen LogP contribution in [0.3, 0.4) is 0 Å². The molecule has 0 saturated heterocycles. The Morgan fingerprint density at radius 3 is 2.40 bits per heavy atom. The second-order valence-corrected chi connectivity index (χ2v) is 9.70. The number of nitrogens with one attached hydrogen (secondary N) is 1. The number of ether oxygens (including phenoxy) is 1. The van der Waals surface area contributed by atoms with Gasteiger partial charge in [0.15, 0.2) is 0 Å². The van der Waals surface area contributed by atoms with Crippen molar-refractivity contribution in [3.63, 3.8) is 0 Å². The fourth-order valence-electron chi connectivity index (χ4n) is 3.92. The topological polar surface area (TPSA) is 92.8 Å². The zero-order chi connectivity index (χ0) is 21.5. The molecule has 1 aliphatic carbocycles. The predicted octanol–water partition coefficient (Wildman–Crippen LogP) is 3.81. The normalized spacial score (nSPS) is 18.0. The third kappa shape index (κ3) is 3.67. The highest BCUT2D eigenvalue weighted by Crippen LogP contribution is 2.33. The summed E-state index contributed by atoms with van der Waals surface area (Å²) in [5, 5.41) is 2.75. The highest BCUT2D eigenvalue weighted by atomic mass is 32.2. The summed E-state index contributed by atoms with van der Waals surface area (Å²) >= 11 is 0. The van der Waals surface area contributed by atoms with E-state index in [0.29, 0.717) is 5.69 Å². The lowest BCUT2D eigenvalue weighted by Crippen LogP contribution is -2.36. The molecule has 2 aliphatic rings. The van der Waals surface area contributed by atoms with E-state index in [1.807, 2.05) is 0 Å². The van der Waals surface area contributed by atoms with Gasteiger partial charge in [-0.15, -0.1) is 0 Å². The Labute approximate surface area is 176 Å². The lowest BCUT2D eigenvalue weighted by Gasteiger charge is -2.18. The van der Waals surface area contributed by atoms with Gasteiger partial charge in [-0.1, -0.05) is 0 Å². The Kier molecular flexibility index (Phi) is 5.27. The van der Waals surface area contributed by atoms with Gasteiger partial charge in [0, 0.05) is 17.3 Å². The zero-order valence-electron chi connectivity index (χ0n) is 16.9. The molecule has 1 fully saturated rings. The summed E-state index contributed by atoms with van der Waals surface area (Å²) in [7, 11) is -3.95. The van der Waals surface area contributed by atoms with Crippen molar-refractivity contribution < 1.29 is 22.7 Å². The van der Waals surface area contributed by atoms with E-state index in [1.54, 1.807) is 38.1 Å². The number of hydrogen-bond donors (Lipinski definition) is 1. The van der Waals surface area contributed by atoms with Crippen LogP contribution in [0.4, 0.5) is 5.69 Å². The first kappa shape index (κ1) is 20.4. The minimum Gasteiger partial charge on any atom is -0.490 e. The number of hydrogen-bond acceptors (Lipinski definition) is 5. The number of carbonyl (C=O) groups is 2. The van der Waals surface area contributed by atoms with Crippen molar-refractivity contribution in [2.75, 3.05) is 5.32 Å². The average Bonchev–Trinajstić information content (AvgIpc) is 3.27. The largest absolute Gasteiger partial charge is 0.490 e. The van der Waals surface area contributed by atoms with E-state index in [9.17, 15) is 18.0 Å². The second kappa shape index (κ2) is 7.75. The van der Waals surface area contributed by atoms with Gasteiger partial charge in [0.2, 0.25) is 0 Å². The quantitative estimate of drug-likeness (QED) is 0.782.